The molecule has 3 aromatic rings. The number of carbonyl (C=O) groups is 4. The SMILES string of the molecule is Cc1cc(C(F)(F)F)nc(-c2ccnc3cc(CN4C(=O)C5C(C4=O)C5(C)C)sc23)c1C(=O)N1CCC(NC(=O)[C@H](C)N)C1. The Morgan fingerprint density at radius 1 is 1.20 bits per heavy atom. The molecule has 44 heavy (non-hydrogen) atoms. The van der Waals surface area contributed by atoms with Gasteiger partial charge in [-0.05, 0) is 49.4 Å². The van der Waals surface area contributed by atoms with Crippen LogP contribution in [0.4, 0.5) is 13.2 Å². The smallest absolute Gasteiger partial charge is 0.350 e. The first-order chi connectivity index (χ1) is 20.6. The van der Waals surface area contributed by atoms with Crippen LogP contribution in [0.5, 0.6) is 0 Å². The first-order valence-corrected chi connectivity index (χ1v) is 15.1. The summed E-state index contributed by atoms with van der Waals surface area (Å²) in [6.07, 6.45) is -2.87. The zero-order valence-electron chi connectivity index (χ0n) is 24.5. The van der Waals surface area contributed by atoms with Gasteiger partial charge in [0.15, 0.2) is 0 Å². The maximum absolute atomic E-state index is 14.0. The number of halogens is 3. The third kappa shape index (κ3) is 4.93. The number of alkyl halides is 3. The van der Waals surface area contributed by atoms with Crippen molar-refractivity contribution in [3.63, 3.8) is 0 Å². The average Bonchev–Trinajstić information content (AvgIpc) is 3.35. The van der Waals surface area contributed by atoms with Gasteiger partial charge in [0.1, 0.15) is 5.69 Å². The van der Waals surface area contributed by atoms with Crippen LogP contribution in [0, 0.1) is 24.2 Å². The maximum atomic E-state index is 14.0. The van der Waals surface area contributed by atoms with Gasteiger partial charge in [0.2, 0.25) is 17.7 Å². The van der Waals surface area contributed by atoms with Crippen LogP contribution in [0.15, 0.2) is 24.4 Å². The lowest BCUT2D eigenvalue weighted by Crippen LogP contribution is -2.45. The highest BCUT2D eigenvalue weighted by atomic mass is 32.1. The van der Waals surface area contributed by atoms with E-state index >= 15 is 0 Å². The number of pyridine rings is 2. The molecule has 1 saturated carbocycles. The van der Waals surface area contributed by atoms with Crippen molar-refractivity contribution >= 4 is 45.2 Å². The number of fused-ring (bicyclic) bond motifs is 2. The predicted molar refractivity (Wildman–Crippen MR) is 155 cm³/mol. The number of nitrogens with zero attached hydrogens (tertiary/aromatic N) is 4. The fourth-order valence-corrected chi connectivity index (χ4v) is 7.52. The summed E-state index contributed by atoms with van der Waals surface area (Å²) in [5.74, 6) is -1.97. The number of amides is 4. The monoisotopic (exact) mass is 628 g/mol. The molecule has 10 nitrogen and oxygen atoms in total. The highest BCUT2D eigenvalue weighted by Crippen LogP contribution is 2.63. The summed E-state index contributed by atoms with van der Waals surface area (Å²) in [5, 5.41) is 2.80. The van der Waals surface area contributed by atoms with E-state index in [2.05, 4.69) is 15.3 Å². The molecule has 0 bridgehead atoms. The largest absolute Gasteiger partial charge is 0.433 e. The minimum absolute atomic E-state index is 0.0202. The molecule has 3 aliphatic rings. The van der Waals surface area contributed by atoms with E-state index in [4.69, 9.17) is 5.73 Å². The molecule has 4 atom stereocenters. The summed E-state index contributed by atoms with van der Waals surface area (Å²) in [6.45, 7) is 7.27. The van der Waals surface area contributed by atoms with Crippen molar-refractivity contribution in [1.82, 2.24) is 25.1 Å². The molecule has 3 aromatic heterocycles. The summed E-state index contributed by atoms with van der Waals surface area (Å²) in [6, 6.07) is 3.01. The summed E-state index contributed by atoms with van der Waals surface area (Å²) >= 11 is 1.19. The Morgan fingerprint density at radius 3 is 2.52 bits per heavy atom. The molecule has 0 spiro atoms. The zero-order chi connectivity index (χ0) is 31.9. The Hall–Kier alpha value is -3.91. The summed E-state index contributed by atoms with van der Waals surface area (Å²) < 4.78 is 42.4. The van der Waals surface area contributed by atoms with Gasteiger partial charge in [-0.2, -0.15) is 13.2 Å². The van der Waals surface area contributed by atoms with E-state index in [9.17, 15) is 32.3 Å². The Kier molecular flexibility index (Phi) is 7.07. The van der Waals surface area contributed by atoms with Crippen LogP contribution in [0.1, 0.15) is 53.7 Å². The number of hydrogen-bond donors (Lipinski definition) is 2. The van der Waals surface area contributed by atoms with Crippen molar-refractivity contribution in [2.45, 2.75) is 58.9 Å². The third-order valence-corrected chi connectivity index (χ3v) is 10.0. The Bertz CT molecular complexity index is 1710. The first kappa shape index (κ1) is 30.1. The van der Waals surface area contributed by atoms with Gasteiger partial charge in [-0.15, -0.1) is 11.3 Å². The summed E-state index contributed by atoms with van der Waals surface area (Å²) in [4.78, 5) is 63.5. The second kappa shape index (κ2) is 10.3. The lowest BCUT2D eigenvalue weighted by atomic mass is 9.99. The molecule has 6 rings (SSSR count). The van der Waals surface area contributed by atoms with E-state index in [0.29, 0.717) is 21.5 Å². The lowest BCUT2D eigenvalue weighted by Gasteiger charge is -2.21. The van der Waals surface area contributed by atoms with Gasteiger partial charge < -0.3 is 16.0 Å². The Labute approximate surface area is 254 Å². The van der Waals surface area contributed by atoms with Gasteiger partial charge in [0, 0.05) is 35.8 Å². The fraction of sp³-hybridized carbons (Fsp3) is 0.467. The van der Waals surface area contributed by atoms with E-state index < -0.39 is 23.8 Å². The molecule has 2 saturated heterocycles. The number of rotatable bonds is 6. The number of nitrogens with two attached hydrogens (primary N) is 1. The van der Waals surface area contributed by atoms with Crippen LogP contribution in [-0.4, -0.2) is 68.6 Å². The second-order valence-corrected chi connectivity index (χ2v) is 13.5. The van der Waals surface area contributed by atoms with E-state index in [1.807, 2.05) is 13.8 Å². The molecule has 0 aromatic carbocycles. The van der Waals surface area contributed by atoms with Crippen LogP contribution < -0.4 is 11.1 Å². The minimum atomic E-state index is -4.76. The summed E-state index contributed by atoms with van der Waals surface area (Å²) in [7, 11) is 0. The van der Waals surface area contributed by atoms with Crippen molar-refractivity contribution in [3.8, 4) is 11.3 Å². The number of imide groups is 1. The van der Waals surface area contributed by atoms with E-state index in [0.717, 1.165) is 6.07 Å². The molecule has 1 aliphatic carbocycles. The van der Waals surface area contributed by atoms with Crippen LogP contribution in [0.3, 0.4) is 0 Å². The number of thiophene rings is 1. The zero-order valence-corrected chi connectivity index (χ0v) is 25.3. The maximum Gasteiger partial charge on any atom is 0.433 e. The van der Waals surface area contributed by atoms with Crippen molar-refractivity contribution < 1.29 is 32.3 Å². The molecule has 232 valence electrons. The average molecular weight is 629 g/mol. The molecule has 3 fully saturated rings. The molecule has 3 N–H and O–H groups in total. The number of nitrogens with one attached hydrogen (secondary N) is 1. The van der Waals surface area contributed by atoms with E-state index in [1.165, 1.54) is 40.3 Å². The minimum Gasteiger partial charge on any atom is -0.350 e. The molecule has 14 heteroatoms. The van der Waals surface area contributed by atoms with Crippen molar-refractivity contribution in [1.29, 1.82) is 0 Å². The number of aromatic nitrogens is 2. The predicted octanol–water partition coefficient (Wildman–Crippen LogP) is 3.50. The van der Waals surface area contributed by atoms with Crippen LogP contribution in [-0.2, 0) is 27.1 Å². The number of likely N-dealkylation sites (tertiary alicyclic amines) is 2. The Balaban J connectivity index is 1.36. The highest BCUT2D eigenvalue weighted by Gasteiger charge is 2.72. The van der Waals surface area contributed by atoms with Crippen LogP contribution in [0.2, 0.25) is 0 Å². The van der Waals surface area contributed by atoms with Crippen LogP contribution >= 0.6 is 11.3 Å². The van der Waals surface area contributed by atoms with Gasteiger partial charge in [0.25, 0.3) is 5.91 Å². The van der Waals surface area contributed by atoms with Gasteiger partial charge in [-0.25, -0.2) is 4.98 Å². The summed E-state index contributed by atoms with van der Waals surface area (Å²) in [5.41, 5.74) is 4.88. The van der Waals surface area contributed by atoms with Gasteiger partial charge >= 0.3 is 6.18 Å². The number of piperidine rings is 1. The third-order valence-electron chi connectivity index (χ3n) is 8.88. The van der Waals surface area contributed by atoms with Crippen LogP contribution in [0.25, 0.3) is 21.5 Å². The first-order valence-electron chi connectivity index (χ1n) is 14.3. The quantitative estimate of drug-likeness (QED) is 0.399. The lowest BCUT2D eigenvalue weighted by molar-refractivity contribution is -0.144. The molecule has 5 heterocycles. The standard InChI is InChI=1S/C30H31F3N6O4S/c1-13-9-19(30(31,32)33)37-23(20(13)26(41)38-8-6-15(11-38)36-25(40)14(2)34)17-5-7-35-18-10-16(44-24(17)18)12-39-27(42)21-22(28(39)43)29(21,3)4/h5,7,9-10,14-15,21-22H,6,8,11-12,34H2,1-4H3,(H,36,40)/t14-,15?,21?,22?/m0/s1. The van der Waals surface area contributed by atoms with Crippen molar-refractivity contribution in [2.24, 2.45) is 23.0 Å². The van der Waals surface area contributed by atoms with Gasteiger partial charge in [-0.3, -0.25) is 29.1 Å². The molecular weight excluding hydrogens is 597 g/mol. The molecule has 4 amide bonds. The van der Waals surface area contributed by atoms with Crippen molar-refractivity contribution in [3.05, 3.63) is 46.1 Å². The number of aryl methyl sites for hydroxylation is 1. The van der Waals surface area contributed by atoms with Gasteiger partial charge in [-0.1, -0.05) is 13.8 Å². The topological polar surface area (TPSA) is 139 Å². The molecule has 3 unspecified atom stereocenters. The van der Waals surface area contributed by atoms with E-state index in [-0.39, 0.29) is 83.0 Å². The van der Waals surface area contributed by atoms with E-state index in [1.54, 1.807) is 13.0 Å². The molecule has 2 aliphatic heterocycles. The number of carbonyl (C=O) groups excluding carboxylic acids is 4. The molecule has 0 radical (unpaired) electrons. The van der Waals surface area contributed by atoms with Crippen molar-refractivity contribution in [2.75, 3.05) is 13.1 Å². The molecular formula is C30H31F3N6O4S. The Morgan fingerprint density at radius 2 is 1.89 bits per heavy atom. The van der Waals surface area contributed by atoms with Gasteiger partial charge in [0.05, 0.1) is 45.9 Å². The highest BCUT2D eigenvalue weighted by molar-refractivity contribution is 7.19. The number of hydrogen-bond acceptors (Lipinski definition) is 8. The normalized spacial score (nSPS) is 23.3. The fourth-order valence-electron chi connectivity index (χ4n) is 6.40. The second-order valence-electron chi connectivity index (χ2n) is 12.4.